The first-order valence-electron chi connectivity index (χ1n) is 9.85. The van der Waals surface area contributed by atoms with Gasteiger partial charge in [0.15, 0.2) is 0 Å². The molecular weight excluding hydrogens is 396 g/mol. The fraction of sp³-hybridized carbons (Fsp3) is 0.208. The highest BCUT2D eigenvalue weighted by molar-refractivity contribution is 7.92. The summed E-state index contributed by atoms with van der Waals surface area (Å²) in [6.45, 7) is 5.90. The fourth-order valence-electron chi connectivity index (χ4n) is 3.19. The van der Waals surface area contributed by atoms with Gasteiger partial charge in [-0.25, -0.2) is 8.42 Å². The number of hydrogen-bond acceptors (Lipinski definition) is 3. The second kappa shape index (κ2) is 9.13. The van der Waals surface area contributed by atoms with Crippen LogP contribution >= 0.6 is 0 Å². The summed E-state index contributed by atoms with van der Waals surface area (Å²) in [6.07, 6.45) is 0.724. The summed E-state index contributed by atoms with van der Waals surface area (Å²) in [4.78, 5) is 12.9. The van der Waals surface area contributed by atoms with Gasteiger partial charge >= 0.3 is 0 Å². The third-order valence-corrected chi connectivity index (χ3v) is 6.25. The fourth-order valence-corrected chi connectivity index (χ4v) is 4.28. The van der Waals surface area contributed by atoms with Gasteiger partial charge in [-0.15, -0.1) is 0 Å². The molecule has 3 aromatic carbocycles. The zero-order chi connectivity index (χ0) is 21.7. The zero-order valence-electron chi connectivity index (χ0n) is 17.3. The van der Waals surface area contributed by atoms with E-state index in [1.54, 1.807) is 30.3 Å². The molecule has 3 aromatic rings. The Kier molecular flexibility index (Phi) is 6.57. The SMILES string of the molecule is CC[C@@H](NC(=O)c1cccc(S(=O)(=O)Nc2cccc(C)c2)c1)c1ccc(C)cc1. The maximum atomic E-state index is 12.8. The summed E-state index contributed by atoms with van der Waals surface area (Å²) in [5.41, 5.74) is 3.90. The molecule has 5 nitrogen and oxygen atoms in total. The van der Waals surface area contributed by atoms with Crippen molar-refractivity contribution >= 4 is 21.6 Å². The molecule has 0 saturated heterocycles. The van der Waals surface area contributed by atoms with E-state index in [0.717, 1.165) is 23.1 Å². The van der Waals surface area contributed by atoms with Crippen molar-refractivity contribution in [1.82, 2.24) is 5.32 Å². The van der Waals surface area contributed by atoms with Gasteiger partial charge in [0.25, 0.3) is 15.9 Å². The summed E-state index contributed by atoms with van der Waals surface area (Å²) in [5.74, 6) is -0.310. The van der Waals surface area contributed by atoms with Gasteiger partial charge in [0.2, 0.25) is 0 Å². The molecule has 0 aromatic heterocycles. The highest BCUT2D eigenvalue weighted by Gasteiger charge is 2.18. The smallest absolute Gasteiger partial charge is 0.261 e. The third-order valence-electron chi connectivity index (χ3n) is 4.87. The van der Waals surface area contributed by atoms with Gasteiger partial charge in [0, 0.05) is 11.3 Å². The molecule has 30 heavy (non-hydrogen) atoms. The molecule has 0 heterocycles. The Hall–Kier alpha value is -3.12. The topological polar surface area (TPSA) is 75.3 Å². The number of carbonyl (C=O) groups is 1. The molecule has 3 rings (SSSR count). The number of nitrogens with one attached hydrogen (secondary N) is 2. The van der Waals surface area contributed by atoms with Crippen LogP contribution in [-0.2, 0) is 10.0 Å². The van der Waals surface area contributed by atoms with E-state index < -0.39 is 10.0 Å². The van der Waals surface area contributed by atoms with Crippen LogP contribution in [0.5, 0.6) is 0 Å². The Balaban J connectivity index is 1.79. The minimum Gasteiger partial charge on any atom is -0.345 e. The van der Waals surface area contributed by atoms with E-state index in [4.69, 9.17) is 0 Å². The van der Waals surface area contributed by atoms with Crippen LogP contribution in [0.25, 0.3) is 0 Å². The Morgan fingerprint density at radius 3 is 2.27 bits per heavy atom. The number of sulfonamides is 1. The van der Waals surface area contributed by atoms with Crippen LogP contribution in [-0.4, -0.2) is 14.3 Å². The van der Waals surface area contributed by atoms with E-state index >= 15 is 0 Å². The summed E-state index contributed by atoms with van der Waals surface area (Å²) < 4.78 is 28.1. The van der Waals surface area contributed by atoms with Gasteiger partial charge in [-0.2, -0.15) is 0 Å². The predicted octanol–water partition coefficient (Wildman–Crippen LogP) is 4.99. The quantitative estimate of drug-likeness (QED) is 0.563. The van der Waals surface area contributed by atoms with Crippen molar-refractivity contribution in [3.05, 3.63) is 95.1 Å². The summed E-state index contributed by atoms with van der Waals surface area (Å²) in [6, 6.07) is 21.0. The molecule has 0 aliphatic heterocycles. The maximum absolute atomic E-state index is 12.8. The van der Waals surface area contributed by atoms with Gasteiger partial charge in [0.1, 0.15) is 0 Å². The lowest BCUT2D eigenvalue weighted by Gasteiger charge is -2.18. The van der Waals surface area contributed by atoms with Crippen molar-refractivity contribution in [2.75, 3.05) is 4.72 Å². The van der Waals surface area contributed by atoms with E-state index in [1.807, 2.05) is 51.1 Å². The second-order valence-electron chi connectivity index (χ2n) is 7.35. The summed E-state index contributed by atoms with van der Waals surface area (Å²) >= 11 is 0. The van der Waals surface area contributed by atoms with E-state index in [2.05, 4.69) is 10.0 Å². The lowest BCUT2D eigenvalue weighted by molar-refractivity contribution is 0.0935. The molecule has 1 amide bonds. The molecule has 0 aliphatic carbocycles. The first-order valence-corrected chi connectivity index (χ1v) is 11.3. The molecule has 6 heteroatoms. The molecule has 0 saturated carbocycles. The van der Waals surface area contributed by atoms with Crippen LogP contribution < -0.4 is 10.0 Å². The molecule has 0 aliphatic rings. The van der Waals surface area contributed by atoms with Crippen LogP contribution in [0.4, 0.5) is 5.69 Å². The molecule has 156 valence electrons. The standard InChI is InChI=1S/C24H26N2O3S/c1-4-23(19-13-11-17(2)12-14-19)25-24(27)20-8-6-10-22(16-20)30(28,29)26-21-9-5-7-18(3)15-21/h5-16,23,26H,4H2,1-3H3,(H,25,27)/t23-/m1/s1. The number of hydrogen-bond donors (Lipinski definition) is 2. The van der Waals surface area contributed by atoms with Crippen LogP contribution in [0.15, 0.2) is 77.7 Å². The average molecular weight is 423 g/mol. The third kappa shape index (κ3) is 5.27. The lowest BCUT2D eigenvalue weighted by atomic mass is 10.0. The Bertz CT molecular complexity index is 1140. The predicted molar refractivity (Wildman–Crippen MR) is 120 cm³/mol. The maximum Gasteiger partial charge on any atom is 0.261 e. The number of aryl methyl sites for hydroxylation is 2. The van der Waals surface area contributed by atoms with Gasteiger partial charge in [-0.05, 0) is 61.7 Å². The van der Waals surface area contributed by atoms with Crippen molar-refractivity contribution in [2.45, 2.75) is 38.1 Å². The monoisotopic (exact) mass is 422 g/mol. The zero-order valence-corrected chi connectivity index (χ0v) is 18.2. The van der Waals surface area contributed by atoms with E-state index in [0.29, 0.717) is 11.3 Å². The largest absolute Gasteiger partial charge is 0.345 e. The summed E-state index contributed by atoms with van der Waals surface area (Å²) in [5, 5.41) is 3.00. The van der Waals surface area contributed by atoms with Crippen LogP contribution in [0.1, 0.15) is 46.4 Å². The Morgan fingerprint density at radius 2 is 1.60 bits per heavy atom. The van der Waals surface area contributed by atoms with Crippen molar-refractivity contribution in [3.8, 4) is 0 Å². The molecule has 0 radical (unpaired) electrons. The number of carbonyl (C=O) groups excluding carboxylic acids is 1. The van der Waals surface area contributed by atoms with Crippen LogP contribution in [0, 0.1) is 13.8 Å². The number of rotatable bonds is 7. The van der Waals surface area contributed by atoms with Crippen molar-refractivity contribution in [2.24, 2.45) is 0 Å². The number of benzene rings is 3. The molecule has 0 spiro atoms. The number of anilines is 1. The van der Waals surface area contributed by atoms with Crippen molar-refractivity contribution in [1.29, 1.82) is 0 Å². The average Bonchev–Trinajstić information content (AvgIpc) is 2.72. The van der Waals surface area contributed by atoms with E-state index in [1.165, 1.54) is 12.1 Å². The molecule has 0 fully saturated rings. The molecule has 0 unspecified atom stereocenters. The Morgan fingerprint density at radius 1 is 0.900 bits per heavy atom. The number of amides is 1. The van der Waals surface area contributed by atoms with Crippen LogP contribution in [0.3, 0.4) is 0 Å². The Labute approximate surface area is 178 Å². The van der Waals surface area contributed by atoms with Crippen LogP contribution in [0.2, 0.25) is 0 Å². The molecule has 0 bridgehead atoms. The van der Waals surface area contributed by atoms with Gasteiger partial charge in [-0.1, -0.05) is 55.0 Å². The van der Waals surface area contributed by atoms with Gasteiger partial charge < -0.3 is 5.32 Å². The first kappa shape index (κ1) is 21.6. The van der Waals surface area contributed by atoms with E-state index in [-0.39, 0.29) is 16.8 Å². The lowest BCUT2D eigenvalue weighted by Crippen LogP contribution is -2.28. The summed E-state index contributed by atoms with van der Waals surface area (Å²) in [7, 11) is -3.81. The second-order valence-corrected chi connectivity index (χ2v) is 9.03. The highest BCUT2D eigenvalue weighted by atomic mass is 32.2. The van der Waals surface area contributed by atoms with Crippen molar-refractivity contribution in [3.63, 3.8) is 0 Å². The minimum absolute atomic E-state index is 0.0417. The molecule has 2 N–H and O–H groups in total. The first-order chi connectivity index (χ1) is 14.3. The highest BCUT2D eigenvalue weighted by Crippen LogP contribution is 2.20. The van der Waals surface area contributed by atoms with E-state index in [9.17, 15) is 13.2 Å². The minimum atomic E-state index is -3.81. The van der Waals surface area contributed by atoms with Gasteiger partial charge in [0.05, 0.1) is 10.9 Å². The molecule has 1 atom stereocenters. The van der Waals surface area contributed by atoms with Gasteiger partial charge in [-0.3, -0.25) is 9.52 Å². The normalized spacial score (nSPS) is 12.2. The van der Waals surface area contributed by atoms with Crippen molar-refractivity contribution < 1.29 is 13.2 Å². The molecular formula is C24H26N2O3S.